The number of amides is 1. The quantitative estimate of drug-likeness (QED) is 0.544. The van der Waals surface area contributed by atoms with E-state index in [0.717, 1.165) is 6.07 Å². The van der Waals surface area contributed by atoms with Crippen LogP contribution < -0.4 is 11.1 Å². The smallest absolute Gasteiger partial charge is 0.274 e. The maximum absolute atomic E-state index is 14.2. The second kappa shape index (κ2) is 8.24. The number of anilines is 1. The summed E-state index contributed by atoms with van der Waals surface area (Å²) < 4.78 is 38.2. The van der Waals surface area contributed by atoms with Crippen LogP contribution in [0.15, 0.2) is 41.5 Å². The van der Waals surface area contributed by atoms with Gasteiger partial charge in [0.05, 0.1) is 10.8 Å². The van der Waals surface area contributed by atoms with Gasteiger partial charge in [0.15, 0.2) is 9.84 Å². The predicted octanol–water partition coefficient (Wildman–Crippen LogP) is 2.81. The first-order valence-corrected chi connectivity index (χ1v) is 10.2. The molecule has 0 saturated heterocycles. The highest BCUT2D eigenvalue weighted by Crippen LogP contribution is 2.25. The van der Waals surface area contributed by atoms with Crippen LogP contribution in [0.1, 0.15) is 29.9 Å². The Morgan fingerprint density at radius 3 is 2.57 bits per heavy atom. The number of carbonyl (C=O) groups excluding carboxylic acids is 1. The molecule has 0 radical (unpaired) electrons. The summed E-state index contributed by atoms with van der Waals surface area (Å²) in [4.78, 5) is 19.9. The van der Waals surface area contributed by atoms with Crippen molar-refractivity contribution in [3.63, 3.8) is 0 Å². The van der Waals surface area contributed by atoms with Crippen LogP contribution in [0, 0.1) is 5.82 Å². The van der Waals surface area contributed by atoms with Crippen molar-refractivity contribution in [3.8, 4) is 0 Å². The number of aliphatic imine (C=N–C) groups is 1. The average Bonchev–Trinajstić information content (AvgIpc) is 2.63. The van der Waals surface area contributed by atoms with Gasteiger partial charge < -0.3 is 11.1 Å². The van der Waals surface area contributed by atoms with Gasteiger partial charge in [-0.15, -0.1) is 0 Å². The van der Waals surface area contributed by atoms with Crippen molar-refractivity contribution < 1.29 is 17.6 Å². The average molecular weight is 427 g/mol. The number of benzene rings is 1. The second-order valence-corrected chi connectivity index (χ2v) is 9.48. The number of amidine groups is 1. The van der Waals surface area contributed by atoms with Crippen LogP contribution in [0.3, 0.4) is 0 Å². The van der Waals surface area contributed by atoms with E-state index < -0.39 is 32.1 Å². The van der Waals surface area contributed by atoms with E-state index in [0.29, 0.717) is 5.02 Å². The topological polar surface area (TPSA) is 115 Å². The zero-order valence-electron chi connectivity index (χ0n) is 15.5. The molecule has 7 nitrogen and oxygen atoms in total. The van der Waals surface area contributed by atoms with Crippen LogP contribution in [-0.4, -0.2) is 36.9 Å². The minimum absolute atomic E-state index is 0.0776. The van der Waals surface area contributed by atoms with Gasteiger partial charge in [-0.05, 0) is 44.2 Å². The first-order chi connectivity index (χ1) is 13.0. The third-order valence-electron chi connectivity index (χ3n) is 4.24. The van der Waals surface area contributed by atoms with Crippen LogP contribution in [0.4, 0.5) is 10.1 Å². The lowest BCUT2D eigenvalue weighted by Crippen LogP contribution is -2.46. The molecule has 0 bridgehead atoms. The van der Waals surface area contributed by atoms with Crippen LogP contribution >= 0.6 is 11.6 Å². The summed E-state index contributed by atoms with van der Waals surface area (Å²) in [6.45, 7) is 2.81. The number of hydrogen-bond donors (Lipinski definition) is 2. The Morgan fingerprint density at radius 1 is 1.32 bits per heavy atom. The number of sulfone groups is 1. The summed E-state index contributed by atoms with van der Waals surface area (Å²) in [5.41, 5.74) is 5.94. The minimum Gasteiger partial charge on any atom is -0.386 e. The fourth-order valence-corrected chi connectivity index (χ4v) is 3.80. The van der Waals surface area contributed by atoms with E-state index in [-0.39, 0.29) is 22.8 Å². The van der Waals surface area contributed by atoms with Crippen molar-refractivity contribution in [2.45, 2.75) is 24.3 Å². The van der Waals surface area contributed by atoms with E-state index in [1.54, 1.807) is 0 Å². The number of nitrogens with zero attached hydrogens (tertiary/aromatic N) is 2. The maximum Gasteiger partial charge on any atom is 0.274 e. The van der Waals surface area contributed by atoms with Gasteiger partial charge in [-0.25, -0.2) is 17.8 Å². The van der Waals surface area contributed by atoms with Gasteiger partial charge in [0, 0.05) is 24.5 Å². The van der Waals surface area contributed by atoms with Gasteiger partial charge in [0.25, 0.3) is 5.91 Å². The molecule has 2 rings (SSSR count). The number of aromatic nitrogens is 1. The lowest BCUT2D eigenvalue weighted by molar-refractivity contribution is 0.102. The molecule has 1 heterocycles. The van der Waals surface area contributed by atoms with Crippen molar-refractivity contribution in [2.75, 3.05) is 12.4 Å². The Balaban J connectivity index is 2.28. The zero-order valence-corrected chi connectivity index (χ0v) is 17.1. The van der Waals surface area contributed by atoms with Crippen LogP contribution in [0.5, 0.6) is 0 Å². The molecule has 0 aliphatic rings. The van der Waals surface area contributed by atoms with E-state index in [2.05, 4.69) is 15.3 Å². The molecule has 2 aromatic rings. The fraction of sp³-hybridized carbons (Fsp3) is 0.278. The number of nitrogens with one attached hydrogen (secondary N) is 1. The Hall–Kier alpha value is -2.52. The van der Waals surface area contributed by atoms with Gasteiger partial charge in [-0.2, -0.15) is 0 Å². The molecule has 10 heteroatoms. The lowest BCUT2D eigenvalue weighted by Gasteiger charge is -2.24. The predicted molar refractivity (Wildman–Crippen MR) is 108 cm³/mol. The van der Waals surface area contributed by atoms with Gasteiger partial charge in [-0.3, -0.25) is 9.79 Å². The molecule has 1 aromatic carbocycles. The molecule has 0 atom stereocenters. The van der Waals surface area contributed by atoms with Crippen molar-refractivity contribution in [1.82, 2.24) is 4.98 Å². The molecule has 0 aliphatic carbocycles. The molecule has 3 N–H and O–H groups in total. The first kappa shape index (κ1) is 21.8. The van der Waals surface area contributed by atoms with Crippen molar-refractivity contribution in [2.24, 2.45) is 10.7 Å². The highest BCUT2D eigenvalue weighted by molar-refractivity contribution is 7.92. The van der Waals surface area contributed by atoms with Crippen molar-refractivity contribution in [1.29, 1.82) is 0 Å². The Bertz CT molecular complexity index is 1020. The number of rotatable bonds is 6. The number of hydrogen-bond acceptors (Lipinski definition) is 5. The molecular weight excluding hydrogens is 407 g/mol. The number of halogens is 2. The third kappa shape index (κ3) is 4.66. The largest absolute Gasteiger partial charge is 0.386 e. The Kier molecular flexibility index (Phi) is 6.41. The summed E-state index contributed by atoms with van der Waals surface area (Å²) in [5.74, 6) is -1.94. The molecule has 0 fully saturated rings. The summed E-state index contributed by atoms with van der Waals surface area (Å²) in [5, 5.41) is 2.93. The highest BCUT2D eigenvalue weighted by Gasteiger charge is 2.38. The molecule has 150 valence electrons. The van der Waals surface area contributed by atoms with Gasteiger partial charge in [0.1, 0.15) is 22.1 Å². The van der Waals surface area contributed by atoms with E-state index in [9.17, 15) is 17.6 Å². The van der Waals surface area contributed by atoms with E-state index in [4.69, 9.17) is 17.3 Å². The zero-order chi connectivity index (χ0) is 21.1. The monoisotopic (exact) mass is 426 g/mol. The number of nitrogens with two attached hydrogens (primary N) is 1. The fourth-order valence-electron chi connectivity index (χ4n) is 2.28. The van der Waals surface area contributed by atoms with E-state index >= 15 is 0 Å². The third-order valence-corrected chi connectivity index (χ3v) is 6.92. The summed E-state index contributed by atoms with van der Waals surface area (Å²) in [6, 6.07) is 6.61. The molecule has 0 aliphatic heterocycles. The van der Waals surface area contributed by atoms with Gasteiger partial charge in [-0.1, -0.05) is 11.6 Å². The molecule has 1 amide bonds. The van der Waals surface area contributed by atoms with Crippen LogP contribution in [0.2, 0.25) is 5.02 Å². The molecule has 28 heavy (non-hydrogen) atoms. The van der Waals surface area contributed by atoms with E-state index in [1.165, 1.54) is 51.4 Å². The summed E-state index contributed by atoms with van der Waals surface area (Å²) >= 11 is 5.74. The molecular formula is C18H20ClFN4O3S. The Morgan fingerprint density at radius 2 is 2.00 bits per heavy atom. The Labute approximate surface area is 167 Å². The maximum atomic E-state index is 14.2. The highest BCUT2D eigenvalue weighted by atomic mass is 35.5. The van der Waals surface area contributed by atoms with Crippen molar-refractivity contribution in [3.05, 3.63) is 58.6 Å². The van der Waals surface area contributed by atoms with Gasteiger partial charge >= 0.3 is 0 Å². The first-order valence-electron chi connectivity index (χ1n) is 8.14. The molecule has 0 unspecified atom stereocenters. The van der Waals surface area contributed by atoms with Crippen LogP contribution in [-0.2, 0) is 15.6 Å². The summed E-state index contributed by atoms with van der Waals surface area (Å²) in [7, 11) is -2.50. The normalized spacial score (nSPS) is 12.7. The lowest BCUT2D eigenvalue weighted by atomic mass is 10.2. The molecule has 0 saturated carbocycles. The summed E-state index contributed by atoms with van der Waals surface area (Å²) in [6.07, 6.45) is 1.32. The van der Waals surface area contributed by atoms with E-state index in [1.807, 2.05) is 0 Å². The van der Waals surface area contributed by atoms with Gasteiger partial charge in [0.2, 0.25) is 0 Å². The molecule has 0 spiro atoms. The minimum atomic E-state index is -3.88. The SMILES string of the molecule is CN=C(N)C(C)(C)S(=O)(=O)Cc1cc(NC(=O)c2ccc(Cl)cn2)ccc1F. The molecule has 1 aromatic heterocycles. The van der Waals surface area contributed by atoms with Crippen molar-refractivity contribution >= 4 is 38.9 Å². The standard InChI is InChI=1S/C18H20ClFN4O3S/c1-18(2,17(21)22-3)28(26,27)10-11-8-13(5-6-14(11)20)24-16(25)15-7-4-12(19)9-23-15/h4-9H,10H2,1-3H3,(H2,21,22)(H,24,25). The number of carbonyl (C=O) groups is 1. The van der Waals surface area contributed by atoms with Crippen LogP contribution in [0.25, 0.3) is 0 Å². The second-order valence-electron chi connectivity index (χ2n) is 6.50. The number of pyridine rings is 1.